The highest BCUT2D eigenvalue weighted by molar-refractivity contribution is 5.48. The summed E-state index contributed by atoms with van der Waals surface area (Å²) in [5, 5.41) is 0. The first-order valence-corrected chi connectivity index (χ1v) is 6.77. The summed E-state index contributed by atoms with van der Waals surface area (Å²) in [5.74, 6) is 1.88. The second kappa shape index (κ2) is 5.86. The highest BCUT2D eigenvalue weighted by atomic mass is 16.5. The number of nitrogens with zero attached hydrogens (tertiary/aromatic N) is 3. The second-order valence-electron chi connectivity index (χ2n) is 4.99. The molecule has 0 aliphatic rings. The predicted octanol–water partition coefficient (Wildman–Crippen LogP) is 3.24. The Labute approximate surface area is 119 Å². The quantitative estimate of drug-likeness (QED) is 0.924. The largest absolute Gasteiger partial charge is 0.437 e. The number of nitrogens with two attached hydrogens (primary N) is 1. The lowest BCUT2D eigenvalue weighted by molar-refractivity contribution is 0.443. The number of aromatic nitrogens is 3. The van der Waals surface area contributed by atoms with Gasteiger partial charge < -0.3 is 10.5 Å². The van der Waals surface area contributed by atoms with Gasteiger partial charge in [-0.15, -0.1) is 0 Å². The Bertz CT molecular complexity index is 611. The summed E-state index contributed by atoms with van der Waals surface area (Å²) < 4.78 is 5.94. The van der Waals surface area contributed by atoms with Crippen LogP contribution in [0.1, 0.15) is 43.6 Å². The smallest absolute Gasteiger partial charge is 0.227 e. The molecule has 20 heavy (non-hydrogen) atoms. The first-order chi connectivity index (χ1) is 9.52. The van der Waals surface area contributed by atoms with Gasteiger partial charge in [-0.25, -0.2) is 9.97 Å². The van der Waals surface area contributed by atoms with E-state index in [1.807, 2.05) is 39.8 Å². The van der Waals surface area contributed by atoms with Crippen LogP contribution < -0.4 is 10.5 Å². The Morgan fingerprint density at radius 2 is 2.00 bits per heavy atom. The Balaban J connectivity index is 2.43. The summed E-state index contributed by atoms with van der Waals surface area (Å²) >= 11 is 0. The molecule has 2 N–H and O–H groups in total. The van der Waals surface area contributed by atoms with Crippen molar-refractivity contribution in [2.75, 3.05) is 5.73 Å². The second-order valence-corrected chi connectivity index (χ2v) is 4.99. The van der Waals surface area contributed by atoms with Crippen LogP contribution in [0.4, 0.5) is 5.82 Å². The Hall–Kier alpha value is -2.17. The summed E-state index contributed by atoms with van der Waals surface area (Å²) in [7, 11) is 0. The van der Waals surface area contributed by atoms with Gasteiger partial charge in [0.2, 0.25) is 5.88 Å². The van der Waals surface area contributed by atoms with Gasteiger partial charge in [-0.3, -0.25) is 4.98 Å². The molecule has 0 amide bonds. The number of nitrogen functional groups attached to an aromatic ring is 1. The highest BCUT2D eigenvalue weighted by Crippen LogP contribution is 2.32. The zero-order valence-electron chi connectivity index (χ0n) is 12.3. The van der Waals surface area contributed by atoms with Gasteiger partial charge in [-0.05, 0) is 31.4 Å². The number of ether oxygens (including phenoxy) is 1. The number of pyridine rings is 1. The lowest BCUT2D eigenvalue weighted by Crippen LogP contribution is -2.05. The van der Waals surface area contributed by atoms with Crippen LogP contribution in [0.5, 0.6) is 11.6 Å². The molecular weight excluding hydrogens is 252 g/mol. The molecule has 0 atom stereocenters. The molecule has 0 spiro atoms. The maximum atomic E-state index is 5.94. The lowest BCUT2D eigenvalue weighted by Gasteiger charge is -2.15. The molecule has 106 valence electrons. The average molecular weight is 272 g/mol. The molecule has 0 aromatic carbocycles. The zero-order valence-corrected chi connectivity index (χ0v) is 12.3. The van der Waals surface area contributed by atoms with Crippen molar-refractivity contribution < 1.29 is 4.74 Å². The Kier molecular flexibility index (Phi) is 4.17. The average Bonchev–Trinajstić information content (AvgIpc) is 2.40. The van der Waals surface area contributed by atoms with E-state index in [1.165, 1.54) is 6.33 Å². The molecule has 0 saturated heterocycles. The van der Waals surface area contributed by atoms with Gasteiger partial charge in [0, 0.05) is 5.69 Å². The van der Waals surface area contributed by atoms with Gasteiger partial charge in [0.15, 0.2) is 5.75 Å². The van der Waals surface area contributed by atoms with Crippen LogP contribution in [-0.2, 0) is 6.42 Å². The molecule has 0 fully saturated rings. The monoisotopic (exact) mass is 272 g/mol. The minimum Gasteiger partial charge on any atom is -0.437 e. The molecule has 2 heterocycles. The molecule has 0 unspecified atom stereocenters. The van der Waals surface area contributed by atoms with E-state index in [2.05, 4.69) is 15.0 Å². The Morgan fingerprint density at radius 3 is 2.65 bits per heavy atom. The van der Waals surface area contributed by atoms with E-state index in [1.54, 1.807) is 0 Å². The summed E-state index contributed by atoms with van der Waals surface area (Å²) in [6.07, 6.45) is 2.22. The maximum Gasteiger partial charge on any atom is 0.227 e. The Morgan fingerprint density at radius 1 is 1.25 bits per heavy atom. The normalized spacial score (nSPS) is 10.8. The molecule has 0 bridgehead atoms. The molecule has 0 radical (unpaired) electrons. The molecule has 2 aromatic rings. The molecule has 0 aliphatic heterocycles. The third-order valence-electron chi connectivity index (χ3n) is 3.07. The predicted molar refractivity (Wildman–Crippen MR) is 79.0 cm³/mol. The van der Waals surface area contributed by atoms with E-state index >= 15 is 0 Å². The van der Waals surface area contributed by atoms with E-state index in [4.69, 9.17) is 10.5 Å². The molecule has 2 rings (SSSR count). The van der Waals surface area contributed by atoms with Crippen molar-refractivity contribution in [2.45, 2.75) is 40.0 Å². The molecule has 0 aliphatic carbocycles. The fourth-order valence-corrected chi connectivity index (χ4v) is 2.06. The van der Waals surface area contributed by atoms with Crippen LogP contribution in [0.15, 0.2) is 18.5 Å². The van der Waals surface area contributed by atoms with Gasteiger partial charge in [0.05, 0.1) is 11.3 Å². The van der Waals surface area contributed by atoms with E-state index in [-0.39, 0.29) is 5.92 Å². The van der Waals surface area contributed by atoms with E-state index in [0.29, 0.717) is 11.7 Å². The molecular formula is C15H20N4O. The molecule has 2 aromatic heterocycles. The lowest BCUT2D eigenvalue weighted by atomic mass is 10.1. The van der Waals surface area contributed by atoms with Crippen molar-refractivity contribution in [1.82, 2.24) is 15.0 Å². The van der Waals surface area contributed by atoms with Gasteiger partial charge in [0.25, 0.3) is 0 Å². The first-order valence-electron chi connectivity index (χ1n) is 6.77. The number of rotatable bonds is 4. The minimum absolute atomic E-state index is 0.190. The van der Waals surface area contributed by atoms with Crippen molar-refractivity contribution in [3.8, 4) is 11.6 Å². The SMILES string of the molecule is CCc1nc(C)ccc1Oc1ncnc(N)c1C(C)C. The van der Waals surface area contributed by atoms with Crippen molar-refractivity contribution in [1.29, 1.82) is 0 Å². The molecule has 5 heteroatoms. The topological polar surface area (TPSA) is 73.9 Å². The van der Waals surface area contributed by atoms with Gasteiger partial charge in [-0.2, -0.15) is 0 Å². The molecule has 5 nitrogen and oxygen atoms in total. The molecule has 0 saturated carbocycles. The summed E-state index contributed by atoms with van der Waals surface area (Å²) in [6.45, 7) is 8.09. The van der Waals surface area contributed by atoms with Crippen LogP contribution in [0, 0.1) is 6.92 Å². The van der Waals surface area contributed by atoms with Crippen molar-refractivity contribution in [3.63, 3.8) is 0 Å². The zero-order chi connectivity index (χ0) is 14.7. The highest BCUT2D eigenvalue weighted by Gasteiger charge is 2.16. The van der Waals surface area contributed by atoms with E-state index in [0.717, 1.165) is 29.1 Å². The van der Waals surface area contributed by atoms with E-state index in [9.17, 15) is 0 Å². The minimum atomic E-state index is 0.190. The fourth-order valence-electron chi connectivity index (χ4n) is 2.06. The first kappa shape index (κ1) is 14.2. The summed E-state index contributed by atoms with van der Waals surface area (Å²) in [4.78, 5) is 12.7. The van der Waals surface area contributed by atoms with Crippen molar-refractivity contribution in [2.24, 2.45) is 0 Å². The summed E-state index contributed by atoms with van der Waals surface area (Å²) in [6, 6.07) is 3.84. The van der Waals surface area contributed by atoms with Crippen LogP contribution in [0.25, 0.3) is 0 Å². The van der Waals surface area contributed by atoms with Crippen LogP contribution in [0.3, 0.4) is 0 Å². The summed E-state index contributed by atoms with van der Waals surface area (Å²) in [5.41, 5.74) is 8.64. The third kappa shape index (κ3) is 2.87. The number of hydrogen-bond acceptors (Lipinski definition) is 5. The number of aryl methyl sites for hydroxylation is 2. The number of anilines is 1. The van der Waals surface area contributed by atoms with E-state index < -0.39 is 0 Å². The number of hydrogen-bond donors (Lipinski definition) is 1. The van der Waals surface area contributed by atoms with Gasteiger partial charge in [-0.1, -0.05) is 20.8 Å². The van der Waals surface area contributed by atoms with Crippen LogP contribution in [-0.4, -0.2) is 15.0 Å². The van der Waals surface area contributed by atoms with Crippen LogP contribution >= 0.6 is 0 Å². The van der Waals surface area contributed by atoms with Crippen molar-refractivity contribution in [3.05, 3.63) is 35.4 Å². The van der Waals surface area contributed by atoms with Gasteiger partial charge >= 0.3 is 0 Å². The standard InChI is InChI=1S/C15H20N4O/c1-5-11-12(7-6-10(4)19-11)20-15-13(9(2)3)14(16)17-8-18-15/h6-9H,5H2,1-4H3,(H2,16,17,18). The van der Waals surface area contributed by atoms with Gasteiger partial charge in [0.1, 0.15) is 12.1 Å². The maximum absolute atomic E-state index is 5.94. The van der Waals surface area contributed by atoms with Crippen molar-refractivity contribution >= 4 is 5.82 Å². The third-order valence-corrected chi connectivity index (χ3v) is 3.07. The fraction of sp³-hybridized carbons (Fsp3) is 0.400. The van der Waals surface area contributed by atoms with Crippen LogP contribution in [0.2, 0.25) is 0 Å².